The van der Waals surface area contributed by atoms with Crippen molar-refractivity contribution >= 4 is 12.0 Å². The number of carbonyl (C=O) groups excluding carboxylic acids is 1. The molecule has 0 aliphatic carbocycles. The van der Waals surface area contributed by atoms with E-state index in [9.17, 15) is 36.2 Å². The van der Waals surface area contributed by atoms with Gasteiger partial charge >= 0.3 is 12.5 Å². The number of aliphatic carboxylic acids is 1. The summed E-state index contributed by atoms with van der Waals surface area (Å²) in [6.45, 7) is 1.66. The van der Waals surface area contributed by atoms with E-state index in [4.69, 9.17) is 4.74 Å². The molecule has 0 aromatic heterocycles. The highest BCUT2D eigenvalue weighted by molar-refractivity contribution is 5.94. The number of hydrogen-bond acceptors (Lipinski definition) is 4. The van der Waals surface area contributed by atoms with E-state index >= 15 is 0 Å². The third-order valence-corrected chi connectivity index (χ3v) is 3.28. The molecule has 1 aliphatic rings. The summed E-state index contributed by atoms with van der Waals surface area (Å²) >= 11 is 0. The minimum Gasteiger partial charge on any atom is -0.545 e. The number of carboxylic acids is 1. The predicted molar refractivity (Wildman–Crippen MR) is 70.6 cm³/mol. The Kier molecular flexibility index (Phi) is 4.92. The predicted octanol–water partition coefficient (Wildman–Crippen LogP) is 2.99. The average Bonchev–Trinajstić information content (AvgIpc) is 2.43. The van der Waals surface area contributed by atoms with Crippen molar-refractivity contribution < 1.29 is 45.7 Å². The van der Waals surface area contributed by atoms with Crippen molar-refractivity contribution in [1.82, 2.24) is 0 Å². The van der Waals surface area contributed by atoms with Crippen LogP contribution in [0.4, 0.5) is 26.3 Å². The molecule has 4 nitrogen and oxygen atoms in total. The molecule has 0 spiro atoms. The average molecular weight is 369 g/mol. The van der Waals surface area contributed by atoms with Crippen LogP contribution in [0.5, 0.6) is 11.5 Å². The number of ether oxygens (including phenoxy) is 2. The van der Waals surface area contributed by atoms with E-state index in [1.54, 1.807) is 6.92 Å². The molecule has 0 amide bonds. The Balaban J connectivity index is 2.60. The molecule has 2 rings (SSSR count). The third-order valence-electron chi connectivity index (χ3n) is 3.28. The van der Waals surface area contributed by atoms with Crippen molar-refractivity contribution in [3.63, 3.8) is 0 Å². The molecule has 0 unspecified atom stereocenters. The summed E-state index contributed by atoms with van der Waals surface area (Å²) in [6, 6.07) is 1.68. The zero-order chi connectivity index (χ0) is 19.0. The van der Waals surface area contributed by atoms with Gasteiger partial charge in [0.1, 0.15) is 11.5 Å². The van der Waals surface area contributed by atoms with Gasteiger partial charge < -0.3 is 19.4 Å². The number of carbonyl (C=O) groups is 1. The molecule has 1 heterocycles. The Morgan fingerprint density at radius 3 is 2.36 bits per heavy atom. The summed E-state index contributed by atoms with van der Waals surface area (Å²) in [5.74, 6) is -3.14. The Morgan fingerprint density at radius 2 is 1.88 bits per heavy atom. The number of hydrogen-bond donors (Lipinski definition) is 0. The second kappa shape index (κ2) is 6.49. The topological polar surface area (TPSA) is 58.6 Å². The largest absolute Gasteiger partial charge is 0.573 e. The first-order valence-corrected chi connectivity index (χ1v) is 7.01. The minimum atomic E-state index is -5.03. The molecular formula is C15H11F6O4-. The van der Waals surface area contributed by atoms with Crippen LogP contribution in [-0.4, -0.2) is 24.6 Å². The number of benzene rings is 1. The van der Waals surface area contributed by atoms with Gasteiger partial charge in [0.15, 0.2) is 0 Å². The van der Waals surface area contributed by atoms with Crippen LogP contribution in [0, 0.1) is 0 Å². The highest BCUT2D eigenvalue weighted by Gasteiger charge is 2.47. The molecule has 0 saturated heterocycles. The van der Waals surface area contributed by atoms with Crippen molar-refractivity contribution in [3.8, 4) is 11.5 Å². The molecule has 25 heavy (non-hydrogen) atoms. The Morgan fingerprint density at radius 1 is 1.24 bits per heavy atom. The van der Waals surface area contributed by atoms with Gasteiger partial charge in [-0.25, -0.2) is 0 Å². The van der Waals surface area contributed by atoms with Gasteiger partial charge in [0.05, 0.1) is 5.97 Å². The van der Waals surface area contributed by atoms with E-state index in [1.165, 1.54) is 0 Å². The standard InChI is InChI=1S/C15H12F6O4/c1-2-3-7-4-9(25-15(19,20)21)5-8-6-10(13(22)23)12(14(16,17)18)24-11(7)8/h4-6,12H,2-3H2,1H3,(H,22,23)/p-1/t12-/m0/s1. The molecule has 1 atom stereocenters. The lowest BCUT2D eigenvalue weighted by Crippen LogP contribution is -2.44. The first-order chi connectivity index (χ1) is 11.4. The van der Waals surface area contributed by atoms with E-state index in [2.05, 4.69) is 4.74 Å². The van der Waals surface area contributed by atoms with Gasteiger partial charge in [-0.2, -0.15) is 13.2 Å². The quantitative estimate of drug-likeness (QED) is 0.766. The van der Waals surface area contributed by atoms with E-state index < -0.39 is 35.9 Å². The molecule has 0 N–H and O–H groups in total. The second-order valence-electron chi connectivity index (χ2n) is 5.23. The number of fused-ring (bicyclic) bond motifs is 1. The number of alkyl halides is 6. The van der Waals surface area contributed by atoms with Gasteiger partial charge in [-0.15, -0.1) is 13.2 Å². The van der Waals surface area contributed by atoms with Gasteiger partial charge in [-0.05, 0) is 30.2 Å². The van der Waals surface area contributed by atoms with Crippen molar-refractivity contribution in [2.24, 2.45) is 0 Å². The first kappa shape index (κ1) is 18.9. The normalized spacial score (nSPS) is 17.4. The lowest BCUT2D eigenvalue weighted by atomic mass is 9.97. The van der Waals surface area contributed by atoms with Crippen LogP contribution in [0.3, 0.4) is 0 Å². The molecule has 0 radical (unpaired) electrons. The summed E-state index contributed by atoms with van der Waals surface area (Å²) in [6.07, 6.45) is -11.7. The smallest absolute Gasteiger partial charge is 0.545 e. The molecule has 0 bridgehead atoms. The van der Waals surface area contributed by atoms with E-state index in [0.29, 0.717) is 12.5 Å². The second-order valence-corrected chi connectivity index (χ2v) is 5.23. The monoisotopic (exact) mass is 369 g/mol. The molecule has 0 saturated carbocycles. The fourth-order valence-electron chi connectivity index (χ4n) is 2.42. The summed E-state index contributed by atoms with van der Waals surface area (Å²) in [7, 11) is 0. The zero-order valence-corrected chi connectivity index (χ0v) is 12.6. The van der Waals surface area contributed by atoms with Gasteiger partial charge in [-0.1, -0.05) is 13.3 Å². The number of halogens is 6. The molecule has 1 aromatic rings. The van der Waals surface area contributed by atoms with Crippen LogP contribution in [0.25, 0.3) is 6.08 Å². The lowest BCUT2D eigenvalue weighted by molar-refractivity contribution is -0.302. The molecule has 10 heteroatoms. The lowest BCUT2D eigenvalue weighted by Gasteiger charge is -2.31. The highest BCUT2D eigenvalue weighted by Crippen LogP contribution is 2.41. The molecule has 138 valence electrons. The highest BCUT2D eigenvalue weighted by atomic mass is 19.4. The fraction of sp³-hybridized carbons (Fsp3) is 0.400. The van der Waals surface area contributed by atoms with Crippen molar-refractivity contribution in [2.75, 3.05) is 0 Å². The summed E-state index contributed by atoms with van der Waals surface area (Å²) in [4.78, 5) is 11.0. The maximum atomic E-state index is 13.0. The first-order valence-electron chi connectivity index (χ1n) is 7.01. The van der Waals surface area contributed by atoms with E-state index in [0.717, 1.165) is 12.1 Å². The van der Waals surface area contributed by atoms with E-state index in [-0.39, 0.29) is 23.3 Å². The van der Waals surface area contributed by atoms with Crippen molar-refractivity contribution in [2.45, 2.75) is 38.4 Å². The van der Waals surface area contributed by atoms with Crippen LogP contribution < -0.4 is 14.6 Å². The van der Waals surface area contributed by atoms with Crippen molar-refractivity contribution in [3.05, 3.63) is 28.8 Å². The van der Waals surface area contributed by atoms with Gasteiger partial charge in [-0.3, -0.25) is 0 Å². The Bertz CT molecular complexity index is 705. The fourth-order valence-corrected chi connectivity index (χ4v) is 2.42. The van der Waals surface area contributed by atoms with Crippen LogP contribution in [0.1, 0.15) is 24.5 Å². The molecular weight excluding hydrogens is 358 g/mol. The van der Waals surface area contributed by atoms with Crippen LogP contribution in [0.15, 0.2) is 17.7 Å². The van der Waals surface area contributed by atoms with Crippen LogP contribution in [-0.2, 0) is 11.2 Å². The maximum Gasteiger partial charge on any atom is 0.573 e. The maximum absolute atomic E-state index is 13.0. The van der Waals surface area contributed by atoms with Gasteiger partial charge in [0, 0.05) is 11.1 Å². The number of carboxylic acid groups (broad SMARTS) is 1. The SMILES string of the molecule is CCCc1cc(OC(F)(F)F)cc2c1O[C@H](C(F)(F)F)C(C(=O)[O-])=C2. The molecule has 1 aromatic carbocycles. The van der Waals surface area contributed by atoms with Gasteiger partial charge in [0.25, 0.3) is 0 Å². The summed E-state index contributed by atoms with van der Waals surface area (Å²) < 4.78 is 84.8. The van der Waals surface area contributed by atoms with Gasteiger partial charge in [0.2, 0.25) is 6.10 Å². The molecule has 0 fully saturated rings. The zero-order valence-electron chi connectivity index (χ0n) is 12.6. The van der Waals surface area contributed by atoms with Crippen LogP contribution >= 0.6 is 0 Å². The summed E-state index contributed by atoms with van der Waals surface area (Å²) in [5, 5.41) is 11.0. The number of rotatable bonds is 4. The summed E-state index contributed by atoms with van der Waals surface area (Å²) in [5.41, 5.74) is -1.45. The third kappa shape index (κ3) is 4.37. The van der Waals surface area contributed by atoms with Crippen LogP contribution in [0.2, 0.25) is 0 Å². The Labute approximate surface area is 137 Å². The molecule has 1 aliphatic heterocycles. The Hall–Kier alpha value is -2.39. The minimum absolute atomic E-state index is 0.0437. The van der Waals surface area contributed by atoms with Crippen molar-refractivity contribution in [1.29, 1.82) is 0 Å². The van der Waals surface area contributed by atoms with E-state index in [1.807, 2.05) is 0 Å². The number of aryl methyl sites for hydroxylation is 1.